The standard InChI is InChI=1S/C26H36N2O5Si/c1-18-12-13-23(33-34(5,6)26(2,3)4)20(14-18)16-21(17-29)27-24(30)22(28-25(31)32)15-19-10-8-7-9-11-19/h7-14,17,21-22,28H,15-16H2,1-6H3,(H,27,30)(H,31,32)/t21-,22-/m0/s1. The lowest BCUT2D eigenvalue weighted by atomic mass is 10.0. The van der Waals surface area contributed by atoms with Crippen LogP contribution in [0.4, 0.5) is 4.79 Å². The van der Waals surface area contributed by atoms with Crippen molar-refractivity contribution in [3.63, 3.8) is 0 Å². The minimum absolute atomic E-state index is 0.000589. The second-order valence-corrected chi connectivity index (χ2v) is 14.8. The molecule has 0 saturated heterocycles. The van der Waals surface area contributed by atoms with Crippen LogP contribution in [0, 0.1) is 6.92 Å². The summed E-state index contributed by atoms with van der Waals surface area (Å²) in [4.78, 5) is 36.1. The Kier molecular flexibility index (Phi) is 9.04. The Bertz CT molecular complexity index is 1000. The normalized spacial score (nSPS) is 13.5. The van der Waals surface area contributed by atoms with Gasteiger partial charge in [0.2, 0.25) is 14.2 Å². The van der Waals surface area contributed by atoms with Crippen molar-refractivity contribution < 1.29 is 23.9 Å². The molecule has 0 aromatic heterocycles. The summed E-state index contributed by atoms with van der Waals surface area (Å²) in [6, 6.07) is 13.1. The van der Waals surface area contributed by atoms with E-state index in [1.807, 2.05) is 55.5 Å². The third-order valence-corrected chi connectivity index (χ3v) is 10.6. The molecule has 34 heavy (non-hydrogen) atoms. The van der Waals surface area contributed by atoms with Crippen molar-refractivity contribution in [2.24, 2.45) is 0 Å². The number of carbonyl (C=O) groups is 3. The van der Waals surface area contributed by atoms with E-state index in [2.05, 4.69) is 44.5 Å². The van der Waals surface area contributed by atoms with Gasteiger partial charge in [0.1, 0.15) is 18.1 Å². The van der Waals surface area contributed by atoms with Gasteiger partial charge < -0.3 is 25.0 Å². The second-order valence-electron chi connectivity index (χ2n) is 10.1. The Hall–Kier alpha value is -3.13. The van der Waals surface area contributed by atoms with Crippen LogP contribution in [0.5, 0.6) is 5.75 Å². The highest BCUT2D eigenvalue weighted by atomic mass is 28.4. The first kappa shape index (κ1) is 27.1. The number of aldehydes is 1. The fraction of sp³-hybridized carbons (Fsp3) is 0.423. The number of rotatable bonds is 10. The summed E-state index contributed by atoms with van der Waals surface area (Å²) in [5.74, 6) is 0.158. The molecule has 0 saturated carbocycles. The number of hydrogen-bond donors (Lipinski definition) is 3. The van der Waals surface area contributed by atoms with Crippen LogP contribution in [0.3, 0.4) is 0 Å². The molecule has 2 amide bonds. The van der Waals surface area contributed by atoms with Crippen molar-refractivity contribution in [2.75, 3.05) is 0 Å². The highest BCUT2D eigenvalue weighted by molar-refractivity contribution is 6.74. The van der Waals surface area contributed by atoms with Crippen LogP contribution < -0.4 is 15.1 Å². The smallest absolute Gasteiger partial charge is 0.405 e. The van der Waals surface area contributed by atoms with Crippen LogP contribution in [0.25, 0.3) is 0 Å². The molecule has 3 N–H and O–H groups in total. The van der Waals surface area contributed by atoms with Gasteiger partial charge in [-0.25, -0.2) is 4.79 Å². The molecule has 184 valence electrons. The molecule has 0 aliphatic rings. The molecule has 0 heterocycles. The molecule has 2 atom stereocenters. The SMILES string of the molecule is Cc1ccc(O[Si](C)(C)C(C)(C)C)c(C[C@@H](C=O)NC(=O)[C@H](Cc2ccccc2)NC(=O)O)c1. The van der Waals surface area contributed by atoms with Crippen molar-refractivity contribution in [2.45, 2.75) is 70.8 Å². The highest BCUT2D eigenvalue weighted by Gasteiger charge is 2.39. The van der Waals surface area contributed by atoms with Gasteiger partial charge in [-0.3, -0.25) is 4.79 Å². The zero-order valence-corrected chi connectivity index (χ0v) is 21.8. The van der Waals surface area contributed by atoms with Crippen molar-refractivity contribution in [1.82, 2.24) is 10.6 Å². The zero-order chi connectivity index (χ0) is 25.5. The van der Waals surface area contributed by atoms with Gasteiger partial charge in [-0.1, -0.05) is 68.8 Å². The largest absolute Gasteiger partial charge is 0.543 e. The topological polar surface area (TPSA) is 105 Å². The van der Waals surface area contributed by atoms with Crippen LogP contribution in [0.15, 0.2) is 48.5 Å². The number of carboxylic acid groups (broad SMARTS) is 1. The van der Waals surface area contributed by atoms with Crippen LogP contribution in [-0.2, 0) is 22.4 Å². The molecular weight excluding hydrogens is 448 g/mol. The minimum atomic E-state index is -2.12. The number of nitrogens with one attached hydrogen (secondary N) is 2. The van der Waals surface area contributed by atoms with Gasteiger partial charge in [0.05, 0.1) is 6.04 Å². The second kappa shape index (κ2) is 11.3. The van der Waals surface area contributed by atoms with Crippen molar-refractivity contribution in [1.29, 1.82) is 0 Å². The Labute approximate surface area is 203 Å². The highest BCUT2D eigenvalue weighted by Crippen LogP contribution is 2.38. The van der Waals surface area contributed by atoms with Crippen molar-refractivity contribution >= 4 is 26.6 Å². The molecule has 7 nitrogen and oxygen atoms in total. The predicted octanol–water partition coefficient (Wildman–Crippen LogP) is 4.48. The lowest BCUT2D eigenvalue weighted by Gasteiger charge is -2.37. The van der Waals surface area contributed by atoms with E-state index in [9.17, 15) is 19.5 Å². The van der Waals surface area contributed by atoms with E-state index in [-0.39, 0.29) is 17.9 Å². The van der Waals surface area contributed by atoms with Gasteiger partial charge in [-0.05, 0) is 42.2 Å². The van der Waals surface area contributed by atoms with Crippen LogP contribution >= 0.6 is 0 Å². The number of carbonyl (C=O) groups excluding carboxylic acids is 2. The van der Waals surface area contributed by atoms with E-state index in [1.165, 1.54) is 0 Å². The summed E-state index contributed by atoms with van der Waals surface area (Å²) in [7, 11) is -2.12. The van der Waals surface area contributed by atoms with E-state index < -0.39 is 32.4 Å². The maximum Gasteiger partial charge on any atom is 0.405 e. The Balaban J connectivity index is 2.22. The van der Waals surface area contributed by atoms with Crippen LogP contribution in [0.1, 0.15) is 37.5 Å². The third-order valence-electron chi connectivity index (χ3n) is 6.22. The zero-order valence-electron chi connectivity index (χ0n) is 20.8. The van der Waals surface area contributed by atoms with Crippen molar-refractivity contribution in [3.05, 3.63) is 65.2 Å². The van der Waals surface area contributed by atoms with Gasteiger partial charge in [0.25, 0.3) is 0 Å². The Morgan fingerprint density at radius 1 is 1.06 bits per heavy atom. The summed E-state index contributed by atoms with van der Waals surface area (Å²) < 4.78 is 6.50. The molecule has 0 spiro atoms. The molecule has 0 radical (unpaired) electrons. The summed E-state index contributed by atoms with van der Waals surface area (Å²) in [5.41, 5.74) is 2.65. The molecule has 0 aliphatic heterocycles. The molecule has 2 rings (SSSR count). The summed E-state index contributed by atoms with van der Waals surface area (Å²) in [5, 5.41) is 14.2. The summed E-state index contributed by atoms with van der Waals surface area (Å²) in [6.07, 6.45) is -0.209. The Morgan fingerprint density at radius 3 is 2.26 bits per heavy atom. The molecule has 8 heteroatoms. The first-order chi connectivity index (χ1) is 15.8. The molecular formula is C26H36N2O5Si. The van der Waals surface area contributed by atoms with Gasteiger partial charge in [-0.2, -0.15) is 0 Å². The number of benzene rings is 2. The maximum atomic E-state index is 12.9. The molecule has 0 aliphatic carbocycles. The molecule has 0 fully saturated rings. The molecule has 0 unspecified atom stereocenters. The fourth-order valence-corrected chi connectivity index (χ4v) is 4.31. The van der Waals surface area contributed by atoms with E-state index in [4.69, 9.17) is 4.43 Å². The quantitative estimate of drug-likeness (QED) is 0.341. The van der Waals surface area contributed by atoms with Gasteiger partial charge in [0, 0.05) is 12.8 Å². The summed E-state index contributed by atoms with van der Waals surface area (Å²) in [6.45, 7) is 12.7. The van der Waals surface area contributed by atoms with Gasteiger partial charge in [-0.15, -0.1) is 0 Å². The molecule has 2 aromatic carbocycles. The number of amides is 2. The number of aryl methyl sites for hydroxylation is 1. The van der Waals surface area contributed by atoms with Gasteiger partial charge in [0.15, 0.2) is 0 Å². The first-order valence-electron chi connectivity index (χ1n) is 11.4. The average molecular weight is 485 g/mol. The van der Waals surface area contributed by atoms with E-state index in [0.29, 0.717) is 12.0 Å². The van der Waals surface area contributed by atoms with E-state index in [0.717, 1.165) is 16.7 Å². The third kappa shape index (κ3) is 7.73. The predicted molar refractivity (Wildman–Crippen MR) is 136 cm³/mol. The number of hydrogen-bond acceptors (Lipinski definition) is 4. The monoisotopic (exact) mass is 484 g/mol. The van der Waals surface area contributed by atoms with E-state index in [1.54, 1.807) is 0 Å². The first-order valence-corrected chi connectivity index (χ1v) is 14.3. The molecule has 0 bridgehead atoms. The lowest BCUT2D eigenvalue weighted by molar-refractivity contribution is -0.125. The van der Waals surface area contributed by atoms with Crippen LogP contribution in [0.2, 0.25) is 18.1 Å². The summed E-state index contributed by atoms with van der Waals surface area (Å²) >= 11 is 0. The lowest BCUT2D eigenvalue weighted by Crippen LogP contribution is -2.51. The molecule has 2 aromatic rings. The van der Waals surface area contributed by atoms with E-state index >= 15 is 0 Å². The fourth-order valence-electron chi connectivity index (χ4n) is 3.26. The minimum Gasteiger partial charge on any atom is -0.543 e. The Morgan fingerprint density at radius 2 is 1.71 bits per heavy atom. The van der Waals surface area contributed by atoms with Gasteiger partial charge >= 0.3 is 6.09 Å². The maximum absolute atomic E-state index is 12.9. The van der Waals surface area contributed by atoms with Crippen LogP contribution in [-0.4, -0.2) is 43.8 Å². The average Bonchev–Trinajstić information content (AvgIpc) is 2.74. The van der Waals surface area contributed by atoms with Crippen molar-refractivity contribution in [3.8, 4) is 5.75 Å².